The monoisotopic (exact) mass is 320 g/mol. The van der Waals surface area contributed by atoms with E-state index in [1.165, 1.54) is 6.92 Å². The van der Waals surface area contributed by atoms with Crippen LogP contribution in [0.4, 0.5) is 5.69 Å². The number of carbonyl (C=O) groups excluding carboxylic acids is 3. The van der Waals surface area contributed by atoms with Crippen LogP contribution in [0.1, 0.15) is 40.5 Å². The number of nitrogens with one attached hydrogen (secondary N) is 2. The van der Waals surface area contributed by atoms with Gasteiger partial charge in [0.25, 0.3) is 0 Å². The standard InChI is InChI=1S/C17H24N2O4/c1-12(20)19-13-7-9-14(10-8-13)23-15(21)6-5-11-18-16(22)17(2,3)4/h7-10H,5-6,11H2,1-4H3,(H,18,22)(H,19,20). The van der Waals surface area contributed by atoms with Crippen molar-refractivity contribution in [2.24, 2.45) is 5.41 Å². The summed E-state index contributed by atoms with van der Waals surface area (Å²) in [5, 5.41) is 5.41. The van der Waals surface area contributed by atoms with Crippen molar-refractivity contribution in [2.75, 3.05) is 11.9 Å². The molecule has 0 aliphatic carbocycles. The third-order valence-corrected chi connectivity index (χ3v) is 2.93. The molecule has 0 radical (unpaired) electrons. The van der Waals surface area contributed by atoms with Crippen molar-refractivity contribution in [2.45, 2.75) is 40.5 Å². The Balaban J connectivity index is 2.31. The maximum Gasteiger partial charge on any atom is 0.311 e. The summed E-state index contributed by atoms with van der Waals surface area (Å²) in [6.45, 7) is 7.36. The van der Waals surface area contributed by atoms with E-state index in [0.717, 1.165) is 0 Å². The Labute approximate surface area is 136 Å². The molecule has 0 aromatic heterocycles. The second-order valence-corrected chi connectivity index (χ2v) is 6.29. The number of rotatable bonds is 6. The Morgan fingerprint density at radius 1 is 1.09 bits per heavy atom. The lowest BCUT2D eigenvalue weighted by molar-refractivity contribution is -0.135. The molecular formula is C17H24N2O4. The van der Waals surface area contributed by atoms with E-state index in [2.05, 4.69) is 10.6 Å². The molecule has 1 aromatic carbocycles. The number of benzene rings is 1. The summed E-state index contributed by atoms with van der Waals surface area (Å²) >= 11 is 0. The van der Waals surface area contributed by atoms with Crippen molar-refractivity contribution in [3.8, 4) is 5.75 Å². The number of carbonyl (C=O) groups is 3. The third kappa shape index (κ3) is 7.44. The first-order valence-electron chi connectivity index (χ1n) is 7.55. The highest BCUT2D eigenvalue weighted by atomic mass is 16.5. The molecule has 2 N–H and O–H groups in total. The predicted octanol–water partition coefficient (Wildman–Crippen LogP) is 2.49. The second-order valence-electron chi connectivity index (χ2n) is 6.29. The largest absolute Gasteiger partial charge is 0.427 e. The van der Waals surface area contributed by atoms with E-state index < -0.39 is 5.41 Å². The van der Waals surface area contributed by atoms with Crippen LogP contribution in [-0.2, 0) is 14.4 Å². The number of hydrogen-bond donors (Lipinski definition) is 2. The summed E-state index contributed by atoms with van der Waals surface area (Å²) in [6, 6.07) is 6.55. The zero-order chi connectivity index (χ0) is 17.5. The molecule has 0 atom stereocenters. The van der Waals surface area contributed by atoms with Gasteiger partial charge in [-0.25, -0.2) is 0 Å². The molecule has 0 aliphatic rings. The van der Waals surface area contributed by atoms with E-state index in [9.17, 15) is 14.4 Å². The molecule has 1 rings (SSSR count). The van der Waals surface area contributed by atoms with Gasteiger partial charge in [0.2, 0.25) is 11.8 Å². The summed E-state index contributed by atoms with van der Waals surface area (Å²) < 4.78 is 5.18. The first-order chi connectivity index (χ1) is 10.7. The average molecular weight is 320 g/mol. The molecule has 6 nitrogen and oxygen atoms in total. The highest BCUT2D eigenvalue weighted by Crippen LogP contribution is 2.16. The van der Waals surface area contributed by atoms with Crippen molar-refractivity contribution in [3.05, 3.63) is 24.3 Å². The highest BCUT2D eigenvalue weighted by Gasteiger charge is 2.20. The van der Waals surface area contributed by atoms with E-state index in [4.69, 9.17) is 4.74 Å². The molecule has 23 heavy (non-hydrogen) atoms. The minimum Gasteiger partial charge on any atom is -0.427 e. The van der Waals surface area contributed by atoms with Crippen LogP contribution in [0, 0.1) is 5.41 Å². The van der Waals surface area contributed by atoms with E-state index in [0.29, 0.717) is 24.4 Å². The van der Waals surface area contributed by atoms with E-state index >= 15 is 0 Å². The molecule has 6 heteroatoms. The van der Waals surface area contributed by atoms with Gasteiger partial charge in [0.1, 0.15) is 5.75 Å². The molecule has 0 saturated heterocycles. The van der Waals surface area contributed by atoms with Crippen LogP contribution in [0.2, 0.25) is 0 Å². The highest BCUT2D eigenvalue weighted by molar-refractivity contribution is 5.88. The molecule has 0 aliphatic heterocycles. The SMILES string of the molecule is CC(=O)Nc1ccc(OC(=O)CCCNC(=O)C(C)(C)C)cc1. The maximum absolute atomic E-state index is 11.7. The van der Waals surface area contributed by atoms with Crippen LogP contribution >= 0.6 is 0 Å². The maximum atomic E-state index is 11.7. The Kier molecular flexibility index (Phi) is 6.75. The topological polar surface area (TPSA) is 84.5 Å². The van der Waals surface area contributed by atoms with E-state index in [1.807, 2.05) is 20.8 Å². The first kappa shape index (κ1) is 18.7. The molecule has 0 spiro atoms. The molecule has 1 aromatic rings. The molecule has 0 bridgehead atoms. The van der Waals surface area contributed by atoms with Crippen LogP contribution in [0.5, 0.6) is 5.75 Å². The van der Waals surface area contributed by atoms with Gasteiger partial charge in [-0.05, 0) is 30.7 Å². The van der Waals surface area contributed by atoms with Gasteiger partial charge in [-0.3, -0.25) is 14.4 Å². The summed E-state index contributed by atoms with van der Waals surface area (Å²) in [5.74, 6) is -0.142. The van der Waals surface area contributed by atoms with Crippen LogP contribution in [0.25, 0.3) is 0 Å². The zero-order valence-corrected chi connectivity index (χ0v) is 14.1. The van der Waals surface area contributed by atoms with Crippen molar-refractivity contribution in [1.29, 1.82) is 0 Å². The van der Waals surface area contributed by atoms with Crippen LogP contribution < -0.4 is 15.4 Å². The predicted molar refractivity (Wildman–Crippen MR) is 88.1 cm³/mol. The zero-order valence-electron chi connectivity index (χ0n) is 14.1. The fraction of sp³-hybridized carbons (Fsp3) is 0.471. The molecule has 0 fully saturated rings. The fourth-order valence-corrected chi connectivity index (χ4v) is 1.69. The van der Waals surface area contributed by atoms with Gasteiger partial charge in [0, 0.05) is 31.0 Å². The van der Waals surface area contributed by atoms with Crippen molar-refractivity contribution < 1.29 is 19.1 Å². The number of ether oxygens (including phenoxy) is 1. The van der Waals surface area contributed by atoms with Gasteiger partial charge in [0.15, 0.2) is 0 Å². The van der Waals surface area contributed by atoms with Crippen LogP contribution in [-0.4, -0.2) is 24.3 Å². The summed E-state index contributed by atoms with van der Waals surface area (Å²) in [4.78, 5) is 34.3. The van der Waals surface area contributed by atoms with Gasteiger partial charge in [-0.1, -0.05) is 20.8 Å². The normalized spacial score (nSPS) is 10.8. The summed E-state index contributed by atoms with van der Waals surface area (Å²) in [5.41, 5.74) is 0.207. The smallest absolute Gasteiger partial charge is 0.311 e. The van der Waals surface area contributed by atoms with Crippen molar-refractivity contribution in [1.82, 2.24) is 5.32 Å². The third-order valence-electron chi connectivity index (χ3n) is 2.93. The first-order valence-corrected chi connectivity index (χ1v) is 7.55. The van der Waals surface area contributed by atoms with Gasteiger partial charge < -0.3 is 15.4 Å². The second kappa shape index (κ2) is 8.31. The molecule has 0 heterocycles. The Morgan fingerprint density at radius 2 is 1.70 bits per heavy atom. The van der Waals surface area contributed by atoms with Crippen molar-refractivity contribution >= 4 is 23.5 Å². The number of esters is 1. The summed E-state index contributed by atoms with van der Waals surface area (Å²) in [7, 11) is 0. The minimum absolute atomic E-state index is 0.0422. The lowest BCUT2D eigenvalue weighted by Crippen LogP contribution is -2.35. The summed E-state index contributed by atoms with van der Waals surface area (Å²) in [6.07, 6.45) is 0.739. The van der Waals surface area contributed by atoms with Crippen LogP contribution in [0.15, 0.2) is 24.3 Å². The van der Waals surface area contributed by atoms with E-state index in [-0.39, 0.29) is 24.2 Å². The van der Waals surface area contributed by atoms with Gasteiger partial charge >= 0.3 is 5.97 Å². The average Bonchev–Trinajstić information content (AvgIpc) is 2.44. The molecule has 0 unspecified atom stereocenters. The fourth-order valence-electron chi connectivity index (χ4n) is 1.69. The quantitative estimate of drug-likeness (QED) is 0.479. The van der Waals surface area contributed by atoms with Gasteiger partial charge in [-0.2, -0.15) is 0 Å². The number of anilines is 1. The lowest BCUT2D eigenvalue weighted by Gasteiger charge is -2.17. The van der Waals surface area contributed by atoms with Crippen LogP contribution in [0.3, 0.4) is 0 Å². The number of amides is 2. The lowest BCUT2D eigenvalue weighted by atomic mass is 9.96. The van der Waals surface area contributed by atoms with Gasteiger partial charge in [-0.15, -0.1) is 0 Å². The molecule has 2 amide bonds. The molecule has 126 valence electrons. The Bertz CT molecular complexity index is 559. The number of hydrogen-bond acceptors (Lipinski definition) is 4. The molecule has 0 saturated carbocycles. The Morgan fingerprint density at radius 3 is 2.22 bits per heavy atom. The Hall–Kier alpha value is -2.37. The van der Waals surface area contributed by atoms with Gasteiger partial charge in [0.05, 0.1) is 0 Å². The van der Waals surface area contributed by atoms with E-state index in [1.54, 1.807) is 24.3 Å². The minimum atomic E-state index is -0.434. The molecular weight excluding hydrogens is 296 g/mol. The van der Waals surface area contributed by atoms with Crippen molar-refractivity contribution in [3.63, 3.8) is 0 Å².